The molecule has 35 heavy (non-hydrogen) atoms. The molecule has 3 aliphatic rings. The summed E-state index contributed by atoms with van der Waals surface area (Å²) < 4.78 is 93.1. The quantitative estimate of drug-likeness (QED) is 0.0888. The van der Waals surface area contributed by atoms with E-state index >= 15 is 0 Å². The van der Waals surface area contributed by atoms with Gasteiger partial charge >= 0.3 is 0 Å². The van der Waals surface area contributed by atoms with Crippen molar-refractivity contribution in [1.29, 1.82) is 0 Å². The molecule has 0 aromatic heterocycles. The van der Waals surface area contributed by atoms with Crippen molar-refractivity contribution in [2.75, 3.05) is 14.2 Å². The lowest BCUT2D eigenvalue weighted by molar-refractivity contribution is -0.365. The number of carboxylic acid groups (broad SMARTS) is 1. The molecule has 1 aliphatic carbocycles. The van der Waals surface area contributed by atoms with Gasteiger partial charge in [-0.1, -0.05) is 13.8 Å². The third-order valence-electron chi connectivity index (χ3n) is 6.74. The maximum absolute atomic E-state index is 11.7. The molecule has 0 aromatic rings. The van der Waals surface area contributed by atoms with Crippen LogP contribution >= 0.6 is 0 Å². The molecule has 0 radical (unpaired) electrons. The van der Waals surface area contributed by atoms with Gasteiger partial charge in [-0.3, -0.25) is 4.18 Å². The first-order valence-electron chi connectivity index (χ1n) is 10.6. The summed E-state index contributed by atoms with van der Waals surface area (Å²) in [6, 6.07) is 0. The highest BCUT2D eigenvalue weighted by Crippen LogP contribution is 2.63. The number of carboxylic acids is 1. The van der Waals surface area contributed by atoms with E-state index in [-0.39, 0.29) is 12.3 Å². The van der Waals surface area contributed by atoms with Gasteiger partial charge in [0, 0.05) is 32.0 Å². The molecular weight excluding hydrogens is 520 g/mol. The van der Waals surface area contributed by atoms with E-state index < -0.39 is 88.3 Å². The first-order valence-corrected chi connectivity index (χ1v) is 12.9. The molecule has 0 bridgehead atoms. The van der Waals surface area contributed by atoms with Crippen LogP contribution in [0.15, 0.2) is 0 Å². The predicted octanol–water partition coefficient (Wildman–Crippen LogP) is -2.13. The monoisotopic (exact) mass is 547 g/mol. The van der Waals surface area contributed by atoms with E-state index in [1.807, 2.05) is 0 Å². The first kappa shape index (κ1) is 28.7. The molecule has 2 heterocycles. The van der Waals surface area contributed by atoms with Crippen molar-refractivity contribution < 1.29 is 68.7 Å². The number of rotatable bonds is 11. The Bertz CT molecular complexity index is 898. The summed E-state index contributed by atoms with van der Waals surface area (Å²) in [4.78, 5) is 16.6. The van der Waals surface area contributed by atoms with E-state index in [1.165, 1.54) is 14.2 Å². The molecule has 2 saturated heterocycles. The lowest BCUT2D eigenvalue weighted by atomic mass is 9.96. The van der Waals surface area contributed by atoms with Gasteiger partial charge in [0.1, 0.15) is 23.6 Å². The standard InChI is InChI=1S/C18H30O15S2/c1-6-8-11(26-4)13(31-33-34(21)22)14(32-35(23,24)25)17(28-8)30-18(3)9-7(2)16(27-5)29-12(10(9)18)15(19)20/h7-14,16-17H,6H2,1-5H3,(H,19,20)(H,21,22)(H,23,24,25)/p-3/t7?,8?,9-,10+,11+,12?,13+,14?,16+,17+,18?/m1/s1. The van der Waals surface area contributed by atoms with E-state index in [0.717, 1.165) is 0 Å². The van der Waals surface area contributed by atoms with E-state index in [1.54, 1.807) is 20.8 Å². The summed E-state index contributed by atoms with van der Waals surface area (Å²) in [6.07, 6.45) is -9.18. The van der Waals surface area contributed by atoms with Gasteiger partial charge in [-0.25, -0.2) is 17.5 Å². The summed E-state index contributed by atoms with van der Waals surface area (Å²) in [5.41, 5.74) is -1.28. The largest absolute Gasteiger partial charge is 0.748 e. The van der Waals surface area contributed by atoms with E-state index in [4.69, 9.17) is 28.6 Å². The fourth-order valence-electron chi connectivity index (χ4n) is 5.31. The maximum atomic E-state index is 11.7. The third-order valence-corrected chi connectivity index (χ3v) is 7.39. The normalized spacial score (nSPS) is 44.4. The molecule has 0 amide bonds. The molecule has 0 spiro atoms. The average Bonchev–Trinajstić information content (AvgIpc) is 3.37. The Morgan fingerprint density at radius 3 is 2.23 bits per heavy atom. The highest BCUT2D eigenvalue weighted by atomic mass is 32.3. The molecule has 3 fully saturated rings. The molecule has 0 aromatic carbocycles. The second kappa shape index (κ2) is 10.9. The fourth-order valence-corrected chi connectivity index (χ4v) is 5.94. The van der Waals surface area contributed by atoms with E-state index in [0.29, 0.717) is 0 Å². The minimum atomic E-state index is -5.40. The smallest absolute Gasteiger partial charge is 0.218 e. The van der Waals surface area contributed by atoms with Gasteiger partial charge < -0.3 is 42.7 Å². The Hall–Kier alpha value is -0.830. The molecule has 3 rings (SSSR count). The minimum Gasteiger partial charge on any atom is -0.748 e. The van der Waals surface area contributed by atoms with Crippen LogP contribution in [0.5, 0.6) is 0 Å². The predicted molar refractivity (Wildman–Crippen MR) is 106 cm³/mol. The average molecular weight is 548 g/mol. The van der Waals surface area contributed by atoms with Gasteiger partial charge in [-0.15, -0.1) is 4.33 Å². The molecular formula is C18H27O15S2-3. The van der Waals surface area contributed by atoms with Crippen LogP contribution < -0.4 is 5.11 Å². The molecule has 17 heteroatoms. The summed E-state index contributed by atoms with van der Waals surface area (Å²) >= 11 is -3.17. The summed E-state index contributed by atoms with van der Waals surface area (Å²) in [5, 5.41) is 11.7. The van der Waals surface area contributed by atoms with Crippen molar-refractivity contribution in [3.8, 4) is 0 Å². The zero-order valence-corrected chi connectivity index (χ0v) is 21.1. The van der Waals surface area contributed by atoms with E-state index in [9.17, 15) is 31.6 Å². The second-order valence-electron chi connectivity index (χ2n) is 8.65. The summed E-state index contributed by atoms with van der Waals surface area (Å²) in [6.45, 7) is 5.00. The molecule has 2 aliphatic heterocycles. The Morgan fingerprint density at radius 2 is 1.74 bits per heavy atom. The van der Waals surface area contributed by atoms with Crippen LogP contribution in [-0.2, 0) is 63.6 Å². The van der Waals surface area contributed by atoms with Crippen molar-refractivity contribution in [2.45, 2.75) is 75.9 Å². The Balaban J connectivity index is 1.95. The van der Waals surface area contributed by atoms with E-state index in [2.05, 4.69) is 8.52 Å². The lowest BCUT2D eigenvalue weighted by Crippen LogP contribution is -2.61. The highest BCUT2D eigenvalue weighted by molar-refractivity contribution is 7.80. The number of hydrogen-bond acceptors (Lipinski definition) is 15. The van der Waals surface area contributed by atoms with Crippen LogP contribution in [-0.4, -0.2) is 90.6 Å². The highest BCUT2D eigenvalue weighted by Gasteiger charge is 2.73. The molecule has 12 atom stereocenters. The van der Waals surface area contributed by atoms with Crippen molar-refractivity contribution >= 4 is 27.7 Å². The number of carbonyl (C=O) groups excluding carboxylic acids is 1. The van der Waals surface area contributed by atoms with Crippen molar-refractivity contribution in [1.82, 2.24) is 0 Å². The summed E-state index contributed by atoms with van der Waals surface area (Å²) in [5.74, 6) is -3.06. The van der Waals surface area contributed by atoms with Gasteiger partial charge in [-0.2, -0.15) is 0 Å². The number of aliphatic carboxylic acids is 1. The van der Waals surface area contributed by atoms with Gasteiger partial charge in [0.25, 0.3) is 0 Å². The number of methoxy groups -OCH3 is 2. The summed E-state index contributed by atoms with van der Waals surface area (Å²) in [7, 11) is -2.83. The Morgan fingerprint density at radius 1 is 1.09 bits per heavy atom. The van der Waals surface area contributed by atoms with Gasteiger partial charge in [0.05, 0.1) is 17.7 Å². The second-order valence-corrected chi connectivity index (χ2v) is 10.2. The van der Waals surface area contributed by atoms with Crippen LogP contribution in [0.3, 0.4) is 0 Å². The Labute approximate surface area is 204 Å². The van der Waals surface area contributed by atoms with Gasteiger partial charge in [0.15, 0.2) is 24.8 Å². The van der Waals surface area contributed by atoms with Crippen LogP contribution in [0.1, 0.15) is 27.2 Å². The Kier molecular flexibility index (Phi) is 8.93. The zero-order chi connectivity index (χ0) is 26.3. The van der Waals surface area contributed by atoms with Crippen LogP contribution in [0.2, 0.25) is 0 Å². The van der Waals surface area contributed by atoms with Crippen molar-refractivity contribution in [3.63, 3.8) is 0 Å². The van der Waals surface area contributed by atoms with Crippen LogP contribution in [0.25, 0.3) is 0 Å². The number of carbonyl (C=O) groups is 1. The molecule has 15 nitrogen and oxygen atoms in total. The molecule has 0 N–H and O–H groups in total. The molecule has 1 saturated carbocycles. The topological polar surface area (TPSA) is 211 Å². The fraction of sp³-hybridized carbons (Fsp3) is 0.944. The van der Waals surface area contributed by atoms with Crippen molar-refractivity contribution in [2.24, 2.45) is 17.8 Å². The number of hydrogen-bond donors (Lipinski definition) is 0. The van der Waals surface area contributed by atoms with Gasteiger partial charge in [0.2, 0.25) is 10.4 Å². The molecule has 204 valence electrons. The van der Waals surface area contributed by atoms with Gasteiger partial charge in [-0.05, 0) is 13.3 Å². The third kappa shape index (κ3) is 5.86. The van der Waals surface area contributed by atoms with Crippen LogP contribution in [0, 0.1) is 17.8 Å². The zero-order valence-electron chi connectivity index (χ0n) is 19.4. The van der Waals surface area contributed by atoms with Crippen LogP contribution in [0.4, 0.5) is 0 Å². The number of ether oxygens (including phenoxy) is 5. The molecule has 6 unspecified atom stereocenters. The maximum Gasteiger partial charge on any atom is 0.218 e. The number of fused-ring (bicyclic) bond motifs is 1. The SMILES string of the molecule is CCC1O[C@@H](OC2(C)[C@@H]3C(C(=O)[O-])O[C@H](OC)C(C)[C@H]32)C(OS(=O)(=O)[O-])[C@@H](OOS(=O)[O-])[C@H]1OC. The first-order chi connectivity index (χ1) is 16.3. The minimum absolute atomic E-state index is 0.256. The lowest BCUT2D eigenvalue weighted by Gasteiger charge is -2.45. The van der Waals surface area contributed by atoms with Crippen molar-refractivity contribution in [3.05, 3.63) is 0 Å².